The topological polar surface area (TPSA) is 155 Å². The van der Waals surface area contributed by atoms with Gasteiger partial charge in [-0.2, -0.15) is 5.26 Å². The Labute approximate surface area is 220 Å². The lowest BCUT2D eigenvalue weighted by Gasteiger charge is -2.22. The van der Waals surface area contributed by atoms with E-state index in [4.69, 9.17) is 4.42 Å². The van der Waals surface area contributed by atoms with Crippen molar-refractivity contribution in [2.24, 2.45) is 0 Å². The molecule has 3 aromatic rings. The van der Waals surface area contributed by atoms with Gasteiger partial charge >= 0.3 is 0 Å². The normalized spacial score (nSPS) is 14.6. The van der Waals surface area contributed by atoms with Gasteiger partial charge in [-0.3, -0.25) is 14.9 Å². The zero-order chi connectivity index (χ0) is 27.3. The molecule has 0 unspecified atom stereocenters. The number of rotatable bonds is 8. The van der Waals surface area contributed by atoms with Gasteiger partial charge in [0.1, 0.15) is 23.2 Å². The highest BCUT2D eigenvalue weighted by molar-refractivity contribution is 7.89. The number of aryl methyl sites for hydroxylation is 1. The number of furan rings is 1. The third-order valence-electron chi connectivity index (χ3n) is 6.31. The number of amides is 1. The molecule has 11 heteroatoms. The van der Waals surface area contributed by atoms with Gasteiger partial charge in [0.05, 0.1) is 9.82 Å². The number of anilines is 1. The average molecular weight is 535 g/mol. The molecule has 1 heterocycles. The first kappa shape index (κ1) is 26.8. The first-order chi connectivity index (χ1) is 18.2. The van der Waals surface area contributed by atoms with E-state index in [-0.39, 0.29) is 28.0 Å². The molecule has 1 saturated carbocycles. The number of hydrogen-bond donors (Lipinski definition) is 2. The highest BCUT2D eigenvalue weighted by Gasteiger charge is 2.22. The Kier molecular flexibility index (Phi) is 8.05. The van der Waals surface area contributed by atoms with Crippen LogP contribution in [0.2, 0.25) is 0 Å². The van der Waals surface area contributed by atoms with Crippen molar-refractivity contribution in [2.45, 2.75) is 50.0 Å². The Balaban J connectivity index is 1.45. The second-order valence-electron chi connectivity index (χ2n) is 9.06. The first-order valence-electron chi connectivity index (χ1n) is 12.1. The Morgan fingerprint density at radius 3 is 2.45 bits per heavy atom. The Morgan fingerprint density at radius 2 is 1.82 bits per heavy atom. The molecule has 2 aromatic carbocycles. The van der Waals surface area contributed by atoms with Crippen LogP contribution in [0.4, 0.5) is 11.4 Å². The molecule has 0 aliphatic heterocycles. The predicted molar refractivity (Wildman–Crippen MR) is 141 cm³/mol. The van der Waals surface area contributed by atoms with E-state index >= 15 is 0 Å². The summed E-state index contributed by atoms with van der Waals surface area (Å²) >= 11 is 0. The van der Waals surface area contributed by atoms with Crippen molar-refractivity contribution in [3.8, 4) is 17.4 Å². The summed E-state index contributed by atoms with van der Waals surface area (Å²) in [6.07, 6.45) is 6.14. The summed E-state index contributed by atoms with van der Waals surface area (Å²) in [7, 11) is -3.62. The van der Waals surface area contributed by atoms with E-state index in [0.717, 1.165) is 32.1 Å². The van der Waals surface area contributed by atoms with Crippen LogP contribution in [0.3, 0.4) is 0 Å². The van der Waals surface area contributed by atoms with Crippen molar-refractivity contribution >= 4 is 33.4 Å². The maximum Gasteiger partial charge on any atom is 0.272 e. The van der Waals surface area contributed by atoms with Crippen molar-refractivity contribution in [1.29, 1.82) is 5.26 Å². The maximum atomic E-state index is 12.7. The van der Waals surface area contributed by atoms with Gasteiger partial charge in [0.25, 0.3) is 11.6 Å². The highest BCUT2D eigenvalue weighted by atomic mass is 32.2. The minimum atomic E-state index is -3.62. The summed E-state index contributed by atoms with van der Waals surface area (Å²) < 4.78 is 34.0. The molecule has 2 N–H and O–H groups in total. The molecule has 0 spiro atoms. The van der Waals surface area contributed by atoms with Crippen LogP contribution in [0, 0.1) is 28.4 Å². The van der Waals surface area contributed by atoms with Gasteiger partial charge in [0.15, 0.2) is 0 Å². The van der Waals surface area contributed by atoms with Crippen LogP contribution < -0.4 is 10.0 Å². The van der Waals surface area contributed by atoms with Crippen LogP contribution in [0.5, 0.6) is 0 Å². The summed E-state index contributed by atoms with van der Waals surface area (Å²) in [5.74, 6) is -0.00917. The number of carbonyl (C=O) groups is 1. The molecule has 196 valence electrons. The van der Waals surface area contributed by atoms with E-state index in [2.05, 4.69) is 10.0 Å². The molecule has 0 atom stereocenters. The second-order valence-corrected chi connectivity index (χ2v) is 10.8. The fourth-order valence-corrected chi connectivity index (χ4v) is 5.62. The minimum absolute atomic E-state index is 0.0381. The summed E-state index contributed by atoms with van der Waals surface area (Å²) in [5, 5.41) is 23.0. The first-order valence-corrected chi connectivity index (χ1v) is 13.6. The van der Waals surface area contributed by atoms with Gasteiger partial charge in [-0.1, -0.05) is 19.3 Å². The number of nitriles is 1. The second kappa shape index (κ2) is 11.4. The van der Waals surface area contributed by atoms with E-state index in [1.54, 1.807) is 31.2 Å². The number of carbonyl (C=O) groups excluding carboxylic acids is 1. The molecule has 10 nitrogen and oxygen atoms in total. The van der Waals surface area contributed by atoms with E-state index in [0.29, 0.717) is 22.6 Å². The van der Waals surface area contributed by atoms with Gasteiger partial charge in [-0.15, -0.1) is 0 Å². The van der Waals surface area contributed by atoms with Crippen molar-refractivity contribution in [3.63, 3.8) is 0 Å². The zero-order valence-electron chi connectivity index (χ0n) is 20.6. The molecule has 38 heavy (non-hydrogen) atoms. The molecule has 1 aliphatic rings. The van der Waals surface area contributed by atoms with E-state index in [1.807, 2.05) is 6.07 Å². The Bertz CT molecular complexity index is 1530. The number of sulfonamides is 1. The Hall–Kier alpha value is -4.27. The average Bonchev–Trinajstić information content (AvgIpc) is 3.36. The van der Waals surface area contributed by atoms with Gasteiger partial charge < -0.3 is 9.73 Å². The maximum absolute atomic E-state index is 12.7. The molecule has 1 fully saturated rings. The fraction of sp³-hybridized carbons (Fsp3) is 0.259. The molecule has 0 saturated heterocycles. The molecular formula is C27H26N4O6S. The summed E-state index contributed by atoms with van der Waals surface area (Å²) in [6, 6.07) is 15.4. The number of hydrogen-bond acceptors (Lipinski definition) is 7. The highest BCUT2D eigenvalue weighted by Crippen LogP contribution is 2.26. The Morgan fingerprint density at radius 1 is 1.11 bits per heavy atom. The van der Waals surface area contributed by atoms with E-state index in [9.17, 15) is 28.6 Å². The molecule has 0 bridgehead atoms. The predicted octanol–water partition coefficient (Wildman–Crippen LogP) is 5.32. The van der Waals surface area contributed by atoms with Crippen molar-refractivity contribution in [3.05, 3.63) is 81.6 Å². The lowest BCUT2D eigenvalue weighted by molar-refractivity contribution is -0.385. The summed E-state index contributed by atoms with van der Waals surface area (Å²) in [5.41, 5.74) is 1.01. The number of nitrogens with one attached hydrogen (secondary N) is 2. The van der Waals surface area contributed by atoms with Crippen molar-refractivity contribution < 1.29 is 22.6 Å². The van der Waals surface area contributed by atoms with Gasteiger partial charge in [0, 0.05) is 35.0 Å². The standard InChI is InChI=1S/C27H26N4O6S/c1-18-15-22(9-13-25(18)31(33)34)29-27(32)20(17-28)16-23-10-14-26(37-23)19-7-11-24(12-8-19)38(35,36)30-21-5-3-2-4-6-21/h7-16,21,30H,2-6H2,1H3,(H,29,32)/b20-16+. The molecule has 4 rings (SSSR count). The molecule has 1 aromatic heterocycles. The third-order valence-corrected chi connectivity index (χ3v) is 7.84. The summed E-state index contributed by atoms with van der Waals surface area (Å²) in [6.45, 7) is 1.55. The van der Waals surface area contributed by atoms with Crippen LogP contribution in [0.1, 0.15) is 43.4 Å². The molecular weight excluding hydrogens is 508 g/mol. The fourth-order valence-electron chi connectivity index (χ4n) is 4.32. The minimum Gasteiger partial charge on any atom is -0.457 e. The smallest absolute Gasteiger partial charge is 0.272 e. The van der Waals surface area contributed by atoms with Crippen molar-refractivity contribution in [2.75, 3.05) is 5.32 Å². The van der Waals surface area contributed by atoms with Crippen LogP contribution in [0.25, 0.3) is 17.4 Å². The number of benzene rings is 2. The van der Waals surface area contributed by atoms with E-state index in [1.165, 1.54) is 36.4 Å². The lowest BCUT2D eigenvalue weighted by Crippen LogP contribution is -2.36. The van der Waals surface area contributed by atoms with Crippen LogP contribution in [-0.2, 0) is 14.8 Å². The van der Waals surface area contributed by atoms with Crippen LogP contribution >= 0.6 is 0 Å². The SMILES string of the molecule is Cc1cc(NC(=O)/C(C#N)=C/c2ccc(-c3ccc(S(=O)(=O)NC4CCCCC4)cc3)o2)ccc1[N+](=O)[O-]. The molecule has 0 radical (unpaired) electrons. The number of nitrogens with zero attached hydrogens (tertiary/aromatic N) is 2. The molecule has 1 amide bonds. The van der Waals surface area contributed by atoms with Gasteiger partial charge in [0.2, 0.25) is 10.0 Å². The van der Waals surface area contributed by atoms with Gasteiger partial charge in [-0.25, -0.2) is 13.1 Å². The quantitative estimate of drug-likeness (QED) is 0.171. The third kappa shape index (κ3) is 6.34. The van der Waals surface area contributed by atoms with E-state index < -0.39 is 20.9 Å². The van der Waals surface area contributed by atoms with Crippen LogP contribution in [-0.4, -0.2) is 25.3 Å². The van der Waals surface area contributed by atoms with Crippen LogP contribution in [0.15, 0.2) is 69.5 Å². The lowest BCUT2D eigenvalue weighted by atomic mass is 9.96. The monoisotopic (exact) mass is 534 g/mol. The molecule has 1 aliphatic carbocycles. The largest absolute Gasteiger partial charge is 0.457 e. The number of nitro groups is 1. The zero-order valence-corrected chi connectivity index (χ0v) is 21.5. The van der Waals surface area contributed by atoms with Crippen molar-refractivity contribution in [1.82, 2.24) is 4.72 Å². The van der Waals surface area contributed by atoms with Gasteiger partial charge in [-0.05, 0) is 68.3 Å². The summed E-state index contributed by atoms with van der Waals surface area (Å²) in [4.78, 5) is 23.2. The number of nitro benzene ring substituents is 1.